The van der Waals surface area contributed by atoms with Crippen molar-refractivity contribution in [1.29, 1.82) is 0 Å². The standard InChI is InChI=1S/C22H28O5/c1-2-3-5-10-16(23)11-12-17-18-13-21(24)26-20(18)14-19(17)27-22(25)15-8-6-4-7-9-15/h4,6-9,11-12,16-20,23H,2-3,5,10,13-14H2,1H3/b12-11+/t16-,17?,18+,19?,20-/m0/s1. The number of fused-ring (bicyclic) bond motifs is 1. The summed E-state index contributed by atoms with van der Waals surface area (Å²) in [5, 5.41) is 10.2. The maximum Gasteiger partial charge on any atom is 0.338 e. The van der Waals surface area contributed by atoms with Crippen molar-refractivity contribution in [2.75, 3.05) is 0 Å². The number of esters is 2. The number of hydrogen-bond acceptors (Lipinski definition) is 5. The molecule has 27 heavy (non-hydrogen) atoms. The molecular weight excluding hydrogens is 344 g/mol. The second-order valence-electron chi connectivity index (χ2n) is 7.47. The van der Waals surface area contributed by atoms with Crippen LogP contribution in [-0.4, -0.2) is 35.4 Å². The minimum absolute atomic E-state index is 0.00478. The lowest BCUT2D eigenvalue weighted by Crippen LogP contribution is -2.25. The summed E-state index contributed by atoms with van der Waals surface area (Å²) in [5.74, 6) is -0.673. The predicted molar refractivity (Wildman–Crippen MR) is 101 cm³/mol. The molecule has 2 unspecified atom stereocenters. The molecule has 0 amide bonds. The van der Waals surface area contributed by atoms with E-state index in [2.05, 4.69) is 6.92 Å². The highest BCUT2D eigenvalue weighted by Crippen LogP contribution is 2.43. The van der Waals surface area contributed by atoms with Gasteiger partial charge in [0.05, 0.1) is 18.1 Å². The molecule has 5 atom stereocenters. The van der Waals surface area contributed by atoms with E-state index in [9.17, 15) is 14.7 Å². The Labute approximate surface area is 160 Å². The molecule has 0 bridgehead atoms. The lowest BCUT2D eigenvalue weighted by atomic mass is 9.91. The minimum Gasteiger partial charge on any atom is -0.462 e. The fourth-order valence-corrected chi connectivity index (χ4v) is 4.03. The van der Waals surface area contributed by atoms with Crippen LogP contribution in [0.25, 0.3) is 0 Å². The van der Waals surface area contributed by atoms with E-state index in [4.69, 9.17) is 9.47 Å². The summed E-state index contributed by atoms with van der Waals surface area (Å²) in [6, 6.07) is 8.89. The van der Waals surface area contributed by atoms with E-state index in [1.165, 1.54) is 0 Å². The third-order valence-corrected chi connectivity index (χ3v) is 5.48. The molecule has 2 fully saturated rings. The van der Waals surface area contributed by atoms with Crippen LogP contribution >= 0.6 is 0 Å². The molecule has 1 aliphatic heterocycles. The van der Waals surface area contributed by atoms with Gasteiger partial charge in [0.1, 0.15) is 12.2 Å². The van der Waals surface area contributed by atoms with Crippen LogP contribution in [0.2, 0.25) is 0 Å². The van der Waals surface area contributed by atoms with Crippen LogP contribution in [0.4, 0.5) is 0 Å². The van der Waals surface area contributed by atoms with Gasteiger partial charge in [0.15, 0.2) is 0 Å². The van der Waals surface area contributed by atoms with Crippen LogP contribution in [0.3, 0.4) is 0 Å². The van der Waals surface area contributed by atoms with Gasteiger partial charge in [0.2, 0.25) is 0 Å². The minimum atomic E-state index is -0.515. The van der Waals surface area contributed by atoms with Crippen molar-refractivity contribution in [1.82, 2.24) is 0 Å². The summed E-state index contributed by atoms with van der Waals surface area (Å²) in [4.78, 5) is 24.1. The molecule has 1 saturated heterocycles. The summed E-state index contributed by atoms with van der Waals surface area (Å²) in [7, 11) is 0. The number of unbranched alkanes of at least 4 members (excludes halogenated alkanes) is 2. The van der Waals surface area contributed by atoms with Crippen LogP contribution < -0.4 is 0 Å². The van der Waals surface area contributed by atoms with E-state index in [1.54, 1.807) is 30.3 Å². The van der Waals surface area contributed by atoms with Gasteiger partial charge in [-0.3, -0.25) is 4.79 Å². The number of ether oxygens (including phenoxy) is 2. The SMILES string of the molecule is CCCCC[C@H](O)/C=C/C1C(OC(=O)c2ccccc2)C[C@@H]2OC(=O)C[C@H]12. The highest BCUT2D eigenvalue weighted by atomic mass is 16.6. The third-order valence-electron chi connectivity index (χ3n) is 5.48. The Bertz CT molecular complexity index is 669. The van der Waals surface area contributed by atoms with Gasteiger partial charge in [0.25, 0.3) is 0 Å². The van der Waals surface area contributed by atoms with E-state index in [1.807, 2.05) is 12.1 Å². The molecule has 0 spiro atoms. The normalized spacial score (nSPS) is 28.1. The van der Waals surface area contributed by atoms with Crippen LogP contribution in [0.5, 0.6) is 0 Å². The number of hydrogen-bond donors (Lipinski definition) is 1. The van der Waals surface area contributed by atoms with Crippen LogP contribution in [0, 0.1) is 11.8 Å². The molecule has 1 N–H and O–H groups in total. The van der Waals surface area contributed by atoms with E-state index in [0.717, 1.165) is 25.7 Å². The van der Waals surface area contributed by atoms with Gasteiger partial charge >= 0.3 is 11.9 Å². The Morgan fingerprint density at radius 1 is 1.33 bits per heavy atom. The fraction of sp³-hybridized carbons (Fsp3) is 0.545. The van der Waals surface area contributed by atoms with Crippen molar-refractivity contribution in [2.45, 2.75) is 63.8 Å². The van der Waals surface area contributed by atoms with Gasteiger partial charge in [-0.05, 0) is 18.6 Å². The molecule has 1 aromatic rings. The molecule has 1 aliphatic carbocycles. The van der Waals surface area contributed by atoms with Gasteiger partial charge in [-0.1, -0.05) is 56.5 Å². The number of benzene rings is 1. The van der Waals surface area contributed by atoms with Gasteiger partial charge < -0.3 is 14.6 Å². The second-order valence-corrected chi connectivity index (χ2v) is 7.47. The van der Waals surface area contributed by atoms with Crippen LogP contribution in [-0.2, 0) is 14.3 Å². The summed E-state index contributed by atoms with van der Waals surface area (Å²) in [6.45, 7) is 2.13. The first-order chi connectivity index (χ1) is 13.1. The first-order valence-electron chi connectivity index (χ1n) is 9.90. The molecule has 1 saturated carbocycles. The highest BCUT2D eigenvalue weighted by molar-refractivity contribution is 5.89. The molecular formula is C22H28O5. The average Bonchev–Trinajstić information content (AvgIpc) is 3.16. The van der Waals surface area contributed by atoms with Crippen molar-refractivity contribution < 1.29 is 24.2 Å². The maximum atomic E-state index is 12.4. The smallest absolute Gasteiger partial charge is 0.338 e. The number of carbonyl (C=O) groups is 2. The van der Waals surface area contributed by atoms with Crippen LogP contribution in [0.15, 0.2) is 42.5 Å². The number of rotatable bonds is 8. The number of aliphatic hydroxyl groups is 1. The first-order valence-corrected chi connectivity index (χ1v) is 9.90. The maximum absolute atomic E-state index is 12.4. The monoisotopic (exact) mass is 372 g/mol. The molecule has 0 aromatic heterocycles. The zero-order valence-electron chi connectivity index (χ0n) is 15.8. The summed E-state index contributed by atoms with van der Waals surface area (Å²) < 4.78 is 11.1. The summed E-state index contributed by atoms with van der Waals surface area (Å²) in [5.41, 5.74) is 0.508. The lowest BCUT2D eigenvalue weighted by Gasteiger charge is -2.20. The molecule has 5 heteroatoms. The van der Waals surface area contributed by atoms with Crippen molar-refractivity contribution in [3.63, 3.8) is 0 Å². The second kappa shape index (κ2) is 9.18. The molecule has 3 rings (SSSR count). The van der Waals surface area contributed by atoms with Crippen molar-refractivity contribution in [3.8, 4) is 0 Å². The Morgan fingerprint density at radius 2 is 2.11 bits per heavy atom. The Balaban J connectivity index is 1.66. The summed E-state index contributed by atoms with van der Waals surface area (Å²) in [6.07, 6.45) is 7.39. The molecule has 1 heterocycles. The molecule has 1 aromatic carbocycles. The quantitative estimate of drug-likeness (QED) is 0.428. The van der Waals surface area contributed by atoms with Crippen LogP contribution in [0.1, 0.15) is 55.8 Å². The number of carbonyl (C=O) groups excluding carboxylic acids is 2. The van der Waals surface area contributed by atoms with Crippen molar-refractivity contribution in [2.24, 2.45) is 11.8 Å². The largest absolute Gasteiger partial charge is 0.462 e. The highest BCUT2D eigenvalue weighted by Gasteiger charge is 2.50. The number of aliphatic hydroxyl groups excluding tert-OH is 1. The molecule has 2 aliphatic rings. The van der Waals surface area contributed by atoms with E-state index in [-0.39, 0.29) is 36.0 Å². The van der Waals surface area contributed by atoms with E-state index >= 15 is 0 Å². The molecule has 0 radical (unpaired) electrons. The van der Waals surface area contributed by atoms with Gasteiger partial charge in [-0.25, -0.2) is 4.79 Å². The predicted octanol–water partition coefficient (Wildman–Crippen LogP) is 3.66. The molecule has 5 nitrogen and oxygen atoms in total. The Kier molecular flexibility index (Phi) is 6.67. The Morgan fingerprint density at radius 3 is 2.85 bits per heavy atom. The first kappa shape index (κ1) is 19.6. The van der Waals surface area contributed by atoms with Gasteiger partial charge in [-0.2, -0.15) is 0 Å². The van der Waals surface area contributed by atoms with E-state index < -0.39 is 6.10 Å². The van der Waals surface area contributed by atoms with Gasteiger partial charge in [0, 0.05) is 18.3 Å². The molecule has 146 valence electrons. The Hall–Kier alpha value is -2.14. The lowest BCUT2D eigenvalue weighted by molar-refractivity contribution is -0.141. The summed E-state index contributed by atoms with van der Waals surface area (Å²) >= 11 is 0. The topological polar surface area (TPSA) is 72.8 Å². The third kappa shape index (κ3) is 4.98. The zero-order chi connectivity index (χ0) is 19.2. The van der Waals surface area contributed by atoms with E-state index in [0.29, 0.717) is 18.4 Å². The van der Waals surface area contributed by atoms with Crippen molar-refractivity contribution >= 4 is 11.9 Å². The zero-order valence-corrected chi connectivity index (χ0v) is 15.8. The average molecular weight is 372 g/mol. The fourth-order valence-electron chi connectivity index (χ4n) is 4.03. The van der Waals surface area contributed by atoms with Crippen molar-refractivity contribution in [3.05, 3.63) is 48.0 Å². The van der Waals surface area contributed by atoms with Gasteiger partial charge in [-0.15, -0.1) is 0 Å².